The summed E-state index contributed by atoms with van der Waals surface area (Å²) in [5, 5.41) is 42.3. The maximum atomic E-state index is 13.3. The number of rotatable bonds is 10. The minimum atomic E-state index is -2.00. The van der Waals surface area contributed by atoms with Crippen LogP contribution in [-0.2, 0) is 4.84 Å². The predicted octanol–water partition coefficient (Wildman–Crippen LogP) is -1.99. The van der Waals surface area contributed by atoms with Gasteiger partial charge in [-0.2, -0.15) is 0 Å². The molecule has 4 unspecified atom stereocenters. The largest absolute Gasteiger partial charge is 0.395 e. The van der Waals surface area contributed by atoms with Gasteiger partial charge in [0.05, 0.1) is 12.8 Å². The number of halogens is 1. The first-order chi connectivity index (χ1) is 8.54. The summed E-state index contributed by atoms with van der Waals surface area (Å²) in [4.78, 5) is 4.69. The predicted molar refractivity (Wildman–Crippen MR) is 63.0 cm³/mol. The van der Waals surface area contributed by atoms with Crippen LogP contribution in [0.15, 0.2) is 5.16 Å². The van der Waals surface area contributed by atoms with Crippen LogP contribution in [0.3, 0.4) is 0 Å². The lowest BCUT2D eigenvalue weighted by Gasteiger charge is -2.22. The van der Waals surface area contributed by atoms with Crippen LogP contribution in [-0.4, -0.2) is 77.4 Å². The third kappa shape index (κ3) is 6.82. The highest BCUT2D eigenvalue weighted by Gasteiger charge is 2.30. The third-order valence-corrected chi connectivity index (χ3v) is 2.16. The number of nitrogens with one attached hydrogen (secondary N) is 1. The van der Waals surface area contributed by atoms with E-state index in [2.05, 4.69) is 15.3 Å². The summed E-state index contributed by atoms with van der Waals surface area (Å²) in [6, 6.07) is 0. The van der Waals surface area contributed by atoms with Gasteiger partial charge < -0.3 is 30.6 Å². The molecule has 0 heterocycles. The fraction of sp³-hybridized carbons (Fsp3) is 0.900. The molecule has 0 bridgehead atoms. The van der Waals surface area contributed by atoms with E-state index in [1.54, 1.807) is 0 Å². The Labute approximate surface area is 105 Å². The van der Waals surface area contributed by atoms with Gasteiger partial charge in [-0.25, -0.2) is 4.39 Å². The fourth-order valence-electron chi connectivity index (χ4n) is 1.06. The Bertz CT molecular complexity index is 232. The van der Waals surface area contributed by atoms with Crippen LogP contribution in [0.4, 0.5) is 4.39 Å². The summed E-state index contributed by atoms with van der Waals surface area (Å²) in [5.41, 5.74) is 0. The second-order valence-corrected chi connectivity index (χ2v) is 3.62. The number of likely N-dealkylation sites (N-methyl/N-ethyl adjacent to an activating group) is 1. The molecular weight excluding hydrogens is 247 g/mol. The molecule has 0 aliphatic carbocycles. The number of hydrogen-bond acceptors (Lipinski definition) is 7. The fourth-order valence-corrected chi connectivity index (χ4v) is 1.06. The molecule has 0 aromatic rings. The van der Waals surface area contributed by atoms with Crippen molar-refractivity contribution in [2.45, 2.75) is 31.4 Å². The van der Waals surface area contributed by atoms with Crippen LogP contribution in [0.5, 0.6) is 0 Å². The summed E-state index contributed by atoms with van der Waals surface area (Å²) in [7, 11) is 0. The first-order valence-corrected chi connectivity index (χ1v) is 5.69. The highest BCUT2D eigenvalue weighted by molar-refractivity contribution is 5.63. The zero-order valence-electron chi connectivity index (χ0n) is 10.2. The van der Waals surface area contributed by atoms with Gasteiger partial charge in [0.15, 0.2) is 6.17 Å². The van der Waals surface area contributed by atoms with Crippen LogP contribution in [0.1, 0.15) is 6.92 Å². The smallest absolute Gasteiger partial charge is 0.167 e. The van der Waals surface area contributed by atoms with Gasteiger partial charge in [0.2, 0.25) is 0 Å². The lowest BCUT2D eigenvalue weighted by atomic mass is 10.1. The minimum Gasteiger partial charge on any atom is -0.395 e. The summed E-state index contributed by atoms with van der Waals surface area (Å²) in [6.07, 6.45) is -6.60. The second kappa shape index (κ2) is 10.2. The molecule has 18 heavy (non-hydrogen) atoms. The average molecular weight is 268 g/mol. The maximum absolute atomic E-state index is 13.3. The van der Waals surface area contributed by atoms with E-state index in [1.807, 2.05) is 6.92 Å². The molecular formula is C10H21FN2O5. The molecule has 0 aliphatic rings. The Morgan fingerprint density at radius 2 is 2.00 bits per heavy atom. The Morgan fingerprint density at radius 3 is 2.56 bits per heavy atom. The third-order valence-electron chi connectivity index (χ3n) is 2.16. The highest BCUT2D eigenvalue weighted by atomic mass is 19.1. The molecule has 108 valence electrons. The van der Waals surface area contributed by atoms with Crippen LogP contribution in [0, 0.1) is 0 Å². The van der Waals surface area contributed by atoms with E-state index < -0.39 is 31.1 Å². The van der Waals surface area contributed by atoms with E-state index in [9.17, 15) is 14.6 Å². The number of alkyl halides is 1. The first kappa shape index (κ1) is 17.2. The SMILES string of the molecule is CCNCCO/N=C/C(F)C(O)C(O)C(O)CO. The average Bonchev–Trinajstić information content (AvgIpc) is 2.39. The summed E-state index contributed by atoms with van der Waals surface area (Å²) in [6.45, 7) is 2.73. The number of aliphatic hydroxyl groups is 4. The Balaban J connectivity index is 3.92. The molecule has 0 aliphatic heterocycles. The van der Waals surface area contributed by atoms with E-state index in [-0.39, 0.29) is 6.61 Å². The van der Waals surface area contributed by atoms with Crippen LogP contribution >= 0.6 is 0 Å². The van der Waals surface area contributed by atoms with Gasteiger partial charge in [0.1, 0.15) is 24.9 Å². The first-order valence-electron chi connectivity index (χ1n) is 5.69. The molecule has 0 rings (SSSR count). The van der Waals surface area contributed by atoms with Crippen LogP contribution in [0.2, 0.25) is 0 Å². The van der Waals surface area contributed by atoms with Crippen molar-refractivity contribution in [3.63, 3.8) is 0 Å². The maximum Gasteiger partial charge on any atom is 0.167 e. The molecule has 0 saturated carbocycles. The van der Waals surface area contributed by atoms with E-state index in [4.69, 9.17) is 10.2 Å². The summed E-state index contributed by atoms with van der Waals surface area (Å²) >= 11 is 0. The van der Waals surface area contributed by atoms with Crippen molar-refractivity contribution in [1.29, 1.82) is 0 Å². The minimum absolute atomic E-state index is 0.245. The van der Waals surface area contributed by atoms with Crippen molar-refractivity contribution in [2.24, 2.45) is 5.16 Å². The van der Waals surface area contributed by atoms with E-state index in [0.29, 0.717) is 12.8 Å². The van der Waals surface area contributed by atoms with Crippen molar-refractivity contribution in [2.75, 3.05) is 26.3 Å². The standard InChI is InChI=1S/C10H21FN2O5/c1-2-12-3-4-18-13-5-7(11)9(16)10(17)8(15)6-14/h5,7-10,12,14-17H,2-4,6H2,1H3/b13-5+. The molecule has 4 atom stereocenters. The van der Waals surface area contributed by atoms with Gasteiger partial charge in [-0.1, -0.05) is 12.1 Å². The number of oxime groups is 1. The Morgan fingerprint density at radius 1 is 1.33 bits per heavy atom. The van der Waals surface area contributed by atoms with Gasteiger partial charge in [-0.15, -0.1) is 0 Å². The van der Waals surface area contributed by atoms with Crippen molar-refractivity contribution in [1.82, 2.24) is 5.32 Å². The topological polar surface area (TPSA) is 115 Å². The number of nitrogens with zero attached hydrogens (tertiary/aromatic N) is 1. The summed E-state index contributed by atoms with van der Waals surface area (Å²) in [5.74, 6) is 0. The van der Waals surface area contributed by atoms with E-state index in [0.717, 1.165) is 6.54 Å². The van der Waals surface area contributed by atoms with Crippen molar-refractivity contribution < 1.29 is 29.7 Å². The van der Waals surface area contributed by atoms with Crippen molar-refractivity contribution >= 4 is 6.21 Å². The molecule has 0 amide bonds. The van der Waals surface area contributed by atoms with Crippen LogP contribution in [0.25, 0.3) is 0 Å². The highest BCUT2D eigenvalue weighted by Crippen LogP contribution is 2.06. The molecule has 0 fully saturated rings. The Kier molecular flexibility index (Phi) is 9.70. The zero-order chi connectivity index (χ0) is 14.0. The lowest BCUT2D eigenvalue weighted by Crippen LogP contribution is -2.44. The Hall–Kier alpha value is -0.800. The summed E-state index contributed by atoms with van der Waals surface area (Å²) < 4.78 is 13.3. The monoisotopic (exact) mass is 268 g/mol. The van der Waals surface area contributed by atoms with Gasteiger partial charge in [-0.05, 0) is 6.54 Å². The van der Waals surface area contributed by atoms with E-state index in [1.165, 1.54) is 0 Å². The van der Waals surface area contributed by atoms with Gasteiger partial charge in [0.25, 0.3) is 0 Å². The second-order valence-electron chi connectivity index (χ2n) is 3.62. The van der Waals surface area contributed by atoms with Crippen molar-refractivity contribution in [3.8, 4) is 0 Å². The lowest BCUT2D eigenvalue weighted by molar-refractivity contribution is -0.0891. The normalized spacial score (nSPS) is 18.6. The number of hydrogen-bond donors (Lipinski definition) is 5. The molecule has 0 spiro atoms. The zero-order valence-corrected chi connectivity index (χ0v) is 10.2. The molecule has 0 radical (unpaired) electrons. The molecule has 0 aromatic heterocycles. The van der Waals surface area contributed by atoms with Crippen LogP contribution < -0.4 is 5.32 Å². The molecule has 0 aromatic carbocycles. The van der Waals surface area contributed by atoms with Gasteiger partial charge in [0, 0.05) is 6.54 Å². The van der Waals surface area contributed by atoms with Gasteiger partial charge in [-0.3, -0.25) is 0 Å². The molecule has 5 N–H and O–H groups in total. The van der Waals surface area contributed by atoms with E-state index >= 15 is 0 Å². The quantitative estimate of drug-likeness (QED) is 0.178. The van der Waals surface area contributed by atoms with Gasteiger partial charge >= 0.3 is 0 Å². The molecule has 7 nitrogen and oxygen atoms in total. The number of aliphatic hydroxyl groups excluding tert-OH is 4. The van der Waals surface area contributed by atoms with Crippen molar-refractivity contribution in [3.05, 3.63) is 0 Å². The molecule has 8 heteroatoms. The molecule has 0 saturated heterocycles.